The Labute approximate surface area is 85.3 Å². The molecule has 1 rings (SSSR count). The third-order valence-electron chi connectivity index (χ3n) is 1.72. The van der Waals surface area contributed by atoms with Crippen LogP contribution in [0.2, 0.25) is 0 Å². The van der Waals surface area contributed by atoms with Gasteiger partial charge in [0.05, 0.1) is 12.5 Å². The first-order valence-electron chi connectivity index (χ1n) is 3.81. The lowest BCUT2D eigenvalue weighted by atomic mass is 10.1. The van der Waals surface area contributed by atoms with Crippen LogP contribution in [0.25, 0.3) is 0 Å². The summed E-state index contributed by atoms with van der Waals surface area (Å²) < 4.78 is 0.874. The fourth-order valence-electron chi connectivity index (χ4n) is 1.01. The van der Waals surface area contributed by atoms with Gasteiger partial charge in [0, 0.05) is 10.0 Å². The van der Waals surface area contributed by atoms with Gasteiger partial charge in [-0.2, -0.15) is 5.26 Å². The van der Waals surface area contributed by atoms with Crippen LogP contribution in [0.3, 0.4) is 0 Å². The Bertz CT molecular complexity index is 379. The second kappa shape index (κ2) is 4.20. The van der Waals surface area contributed by atoms with Crippen molar-refractivity contribution in [3.8, 4) is 6.07 Å². The Morgan fingerprint density at radius 1 is 1.62 bits per heavy atom. The maximum absolute atomic E-state index is 11.0. The van der Waals surface area contributed by atoms with E-state index in [9.17, 15) is 4.79 Å². The zero-order chi connectivity index (χ0) is 9.84. The Kier molecular flexibility index (Phi) is 3.21. The fraction of sp³-hybridized carbons (Fsp3) is 0.200. The van der Waals surface area contributed by atoms with Crippen molar-refractivity contribution in [1.29, 1.82) is 5.26 Å². The molecule has 0 radical (unpaired) electrons. The van der Waals surface area contributed by atoms with Gasteiger partial charge in [-0.15, -0.1) is 0 Å². The third-order valence-corrected chi connectivity index (χ3v) is 2.50. The van der Waals surface area contributed by atoms with Crippen molar-refractivity contribution in [3.63, 3.8) is 0 Å². The number of benzene rings is 1. The van der Waals surface area contributed by atoms with E-state index in [1.54, 1.807) is 18.2 Å². The molecule has 13 heavy (non-hydrogen) atoms. The summed E-state index contributed by atoms with van der Waals surface area (Å²) in [6.07, 6.45) is 0.321. The Hall–Kier alpha value is -1.14. The molecule has 0 heterocycles. The number of carbonyl (C=O) groups is 1. The van der Waals surface area contributed by atoms with Crippen LogP contribution in [0.15, 0.2) is 22.7 Å². The van der Waals surface area contributed by atoms with Crippen LogP contribution < -0.4 is 0 Å². The molecule has 0 spiro atoms. The van der Waals surface area contributed by atoms with E-state index in [4.69, 9.17) is 5.26 Å². The highest BCUT2D eigenvalue weighted by molar-refractivity contribution is 9.10. The minimum atomic E-state index is 0.0201. The van der Waals surface area contributed by atoms with E-state index >= 15 is 0 Å². The molecule has 0 atom stereocenters. The van der Waals surface area contributed by atoms with Crippen LogP contribution >= 0.6 is 15.9 Å². The number of hydrogen-bond acceptors (Lipinski definition) is 2. The first-order chi connectivity index (χ1) is 6.15. The second-order valence-electron chi connectivity index (χ2n) is 2.70. The molecule has 0 bridgehead atoms. The van der Waals surface area contributed by atoms with Gasteiger partial charge in [-0.05, 0) is 24.6 Å². The molecule has 0 aromatic heterocycles. The number of halogens is 1. The quantitative estimate of drug-likeness (QED) is 0.743. The van der Waals surface area contributed by atoms with Gasteiger partial charge < -0.3 is 0 Å². The minimum absolute atomic E-state index is 0.0201. The van der Waals surface area contributed by atoms with Gasteiger partial charge >= 0.3 is 0 Å². The summed E-state index contributed by atoms with van der Waals surface area (Å²) in [6.45, 7) is 1.51. The second-order valence-corrected chi connectivity index (χ2v) is 3.55. The number of hydrogen-bond donors (Lipinski definition) is 0. The molecule has 2 nitrogen and oxygen atoms in total. The summed E-state index contributed by atoms with van der Waals surface area (Å²) in [4.78, 5) is 11.0. The predicted octanol–water partition coefficient (Wildman–Crippen LogP) is 2.72. The number of nitriles is 1. The zero-order valence-corrected chi connectivity index (χ0v) is 8.76. The van der Waals surface area contributed by atoms with Crippen molar-refractivity contribution in [2.24, 2.45) is 0 Å². The minimum Gasteiger partial charge on any atom is -0.295 e. The molecule has 66 valence electrons. The molecule has 1 aromatic rings. The summed E-state index contributed by atoms with van der Waals surface area (Å²) in [7, 11) is 0. The van der Waals surface area contributed by atoms with Crippen LogP contribution in [0.4, 0.5) is 0 Å². The molecular weight excluding hydrogens is 230 g/mol. The van der Waals surface area contributed by atoms with E-state index in [0.717, 1.165) is 10.0 Å². The fourth-order valence-corrected chi connectivity index (χ4v) is 1.40. The molecule has 3 heteroatoms. The molecule has 0 aliphatic carbocycles. The molecule has 1 aromatic carbocycles. The SMILES string of the molecule is CC(=O)c1ccc(Br)c(CC#N)c1. The van der Waals surface area contributed by atoms with Crippen LogP contribution in [-0.2, 0) is 6.42 Å². The van der Waals surface area contributed by atoms with Gasteiger partial charge in [0.25, 0.3) is 0 Å². The number of ketones is 1. The lowest BCUT2D eigenvalue weighted by molar-refractivity contribution is 0.101. The highest BCUT2D eigenvalue weighted by Gasteiger charge is 2.03. The summed E-state index contributed by atoms with van der Waals surface area (Å²) in [6, 6.07) is 7.33. The smallest absolute Gasteiger partial charge is 0.159 e. The first kappa shape index (κ1) is 9.94. The van der Waals surface area contributed by atoms with E-state index in [1.807, 2.05) is 6.07 Å². The predicted molar refractivity (Wildman–Crippen MR) is 53.5 cm³/mol. The van der Waals surface area contributed by atoms with Crippen molar-refractivity contribution in [2.45, 2.75) is 13.3 Å². The Morgan fingerprint density at radius 3 is 2.85 bits per heavy atom. The summed E-state index contributed by atoms with van der Waals surface area (Å²) >= 11 is 3.32. The Morgan fingerprint density at radius 2 is 2.31 bits per heavy atom. The van der Waals surface area contributed by atoms with Gasteiger partial charge in [0.15, 0.2) is 5.78 Å². The van der Waals surface area contributed by atoms with Crippen molar-refractivity contribution < 1.29 is 4.79 Å². The molecular formula is C10H8BrNO. The zero-order valence-electron chi connectivity index (χ0n) is 7.17. The molecule has 0 unspecified atom stereocenters. The van der Waals surface area contributed by atoms with E-state index < -0.39 is 0 Å². The number of nitrogens with zero attached hydrogens (tertiary/aromatic N) is 1. The van der Waals surface area contributed by atoms with E-state index in [-0.39, 0.29) is 5.78 Å². The molecule has 0 saturated carbocycles. The van der Waals surface area contributed by atoms with Crippen LogP contribution in [0.5, 0.6) is 0 Å². The van der Waals surface area contributed by atoms with Gasteiger partial charge in [0.2, 0.25) is 0 Å². The maximum atomic E-state index is 11.0. The summed E-state index contributed by atoms with van der Waals surface area (Å²) in [5.74, 6) is 0.0201. The molecule has 0 amide bonds. The van der Waals surface area contributed by atoms with Crippen molar-refractivity contribution >= 4 is 21.7 Å². The van der Waals surface area contributed by atoms with Gasteiger partial charge in [0.1, 0.15) is 0 Å². The Balaban J connectivity index is 3.12. The topological polar surface area (TPSA) is 40.9 Å². The van der Waals surface area contributed by atoms with E-state index in [1.165, 1.54) is 6.92 Å². The monoisotopic (exact) mass is 237 g/mol. The standard InChI is InChI=1S/C10H8BrNO/c1-7(13)8-2-3-10(11)9(6-8)4-5-12/h2-3,6H,4H2,1H3. The van der Waals surface area contributed by atoms with E-state index in [0.29, 0.717) is 12.0 Å². The number of rotatable bonds is 2. The van der Waals surface area contributed by atoms with Crippen LogP contribution in [0, 0.1) is 11.3 Å². The van der Waals surface area contributed by atoms with Crippen molar-refractivity contribution in [1.82, 2.24) is 0 Å². The first-order valence-corrected chi connectivity index (χ1v) is 4.60. The average molecular weight is 238 g/mol. The largest absolute Gasteiger partial charge is 0.295 e. The highest BCUT2D eigenvalue weighted by Crippen LogP contribution is 2.18. The van der Waals surface area contributed by atoms with Gasteiger partial charge in [-0.25, -0.2) is 0 Å². The van der Waals surface area contributed by atoms with Crippen molar-refractivity contribution in [3.05, 3.63) is 33.8 Å². The lowest BCUT2D eigenvalue weighted by Crippen LogP contribution is -1.94. The highest BCUT2D eigenvalue weighted by atomic mass is 79.9. The molecule has 0 aliphatic rings. The molecule has 0 N–H and O–H groups in total. The van der Waals surface area contributed by atoms with Crippen LogP contribution in [0.1, 0.15) is 22.8 Å². The number of Topliss-reactive ketones (excluding diaryl/α,β-unsaturated/α-hetero) is 1. The maximum Gasteiger partial charge on any atom is 0.159 e. The summed E-state index contributed by atoms with van der Waals surface area (Å²) in [5, 5.41) is 8.52. The molecule has 0 saturated heterocycles. The number of carbonyl (C=O) groups excluding carboxylic acids is 1. The van der Waals surface area contributed by atoms with Crippen molar-refractivity contribution in [2.75, 3.05) is 0 Å². The molecule has 0 aliphatic heterocycles. The summed E-state index contributed by atoms with van der Waals surface area (Å²) in [5.41, 5.74) is 1.50. The molecule has 0 fully saturated rings. The average Bonchev–Trinajstić information content (AvgIpc) is 2.08. The van der Waals surface area contributed by atoms with Crippen LogP contribution in [-0.4, -0.2) is 5.78 Å². The third kappa shape index (κ3) is 2.40. The van der Waals surface area contributed by atoms with Gasteiger partial charge in [-0.3, -0.25) is 4.79 Å². The van der Waals surface area contributed by atoms with Gasteiger partial charge in [-0.1, -0.05) is 22.0 Å². The van der Waals surface area contributed by atoms with E-state index in [2.05, 4.69) is 15.9 Å². The lowest BCUT2D eigenvalue weighted by Gasteiger charge is -2.01. The normalized spacial score (nSPS) is 9.31.